The van der Waals surface area contributed by atoms with Crippen LogP contribution in [0.15, 0.2) is 71.2 Å². The average Bonchev–Trinajstić information content (AvgIpc) is 3.10. The molecule has 0 radical (unpaired) electrons. The molecular formula is C24H21BrN2O2S. The van der Waals surface area contributed by atoms with Gasteiger partial charge in [-0.2, -0.15) is 0 Å². The maximum atomic E-state index is 12.7. The fourth-order valence-electron chi connectivity index (χ4n) is 3.58. The molecule has 0 aromatic heterocycles. The Kier molecular flexibility index (Phi) is 5.97. The molecule has 3 aromatic carbocycles. The smallest absolute Gasteiger partial charge is 0.255 e. The quantitative estimate of drug-likeness (QED) is 0.490. The van der Waals surface area contributed by atoms with Crippen molar-refractivity contribution < 1.29 is 9.59 Å². The van der Waals surface area contributed by atoms with Crippen LogP contribution in [0.5, 0.6) is 0 Å². The van der Waals surface area contributed by atoms with Crippen molar-refractivity contribution in [1.82, 2.24) is 0 Å². The predicted molar refractivity (Wildman–Crippen MR) is 127 cm³/mol. The second kappa shape index (κ2) is 8.66. The van der Waals surface area contributed by atoms with E-state index >= 15 is 0 Å². The molecule has 0 spiro atoms. The van der Waals surface area contributed by atoms with Crippen molar-refractivity contribution in [2.45, 2.75) is 19.2 Å². The lowest BCUT2D eigenvalue weighted by Crippen LogP contribution is -2.28. The summed E-state index contributed by atoms with van der Waals surface area (Å²) >= 11 is 4.98. The number of rotatable bonds is 4. The second-order valence-corrected chi connectivity index (χ2v) is 9.29. The van der Waals surface area contributed by atoms with Gasteiger partial charge in [-0.15, -0.1) is 11.8 Å². The van der Waals surface area contributed by atoms with Crippen LogP contribution in [0.3, 0.4) is 0 Å². The molecule has 0 bridgehead atoms. The normalized spacial score (nSPS) is 16.0. The SMILES string of the molecule is Cc1ccc(N2C(=O)CSC2c2cccc(NC(=O)c3ccc(Br)cc3)c2)c(C)c1. The van der Waals surface area contributed by atoms with E-state index in [2.05, 4.69) is 27.3 Å². The van der Waals surface area contributed by atoms with E-state index < -0.39 is 0 Å². The van der Waals surface area contributed by atoms with E-state index in [1.807, 2.05) is 67.3 Å². The van der Waals surface area contributed by atoms with Gasteiger partial charge in [0.25, 0.3) is 5.91 Å². The van der Waals surface area contributed by atoms with Crippen LogP contribution in [0.2, 0.25) is 0 Å². The summed E-state index contributed by atoms with van der Waals surface area (Å²) in [6.07, 6.45) is 0. The highest BCUT2D eigenvalue weighted by Crippen LogP contribution is 2.43. The van der Waals surface area contributed by atoms with E-state index in [1.54, 1.807) is 23.9 Å². The molecule has 2 amide bonds. The average molecular weight is 481 g/mol. The van der Waals surface area contributed by atoms with Gasteiger partial charge >= 0.3 is 0 Å². The molecule has 0 aliphatic carbocycles. The Hall–Kier alpha value is -2.57. The monoisotopic (exact) mass is 480 g/mol. The van der Waals surface area contributed by atoms with Gasteiger partial charge in [0.1, 0.15) is 5.37 Å². The highest BCUT2D eigenvalue weighted by Gasteiger charge is 2.34. The maximum Gasteiger partial charge on any atom is 0.255 e. The summed E-state index contributed by atoms with van der Waals surface area (Å²) in [5.41, 5.74) is 5.47. The number of hydrogen-bond donors (Lipinski definition) is 1. The van der Waals surface area contributed by atoms with Crippen molar-refractivity contribution in [1.29, 1.82) is 0 Å². The predicted octanol–water partition coefficient (Wildman–Crippen LogP) is 6.10. The minimum absolute atomic E-state index is 0.0984. The largest absolute Gasteiger partial charge is 0.322 e. The van der Waals surface area contributed by atoms with Gasteiger partial charge in [-0.25, -0.2) is 0 Å². The summed E-state index contributed by atoms with van der Waals surface area (Å²) in [6.45, 7) is 4.08. The molecule has 1 heterocycles. The van der Waals surface area contributed by atoms with Gasteiger partial charge < -0.3 is 5.32 Å². The molecule has 1 N–H and O–H groups in total. The van der Waals surface area contributed by atoms with Gasteiger partial charge in [0.2, 0.25) is 5.91 Å². The molecule has 1 fully saturated rings. The van der Waals surface area contributed by atoms with Gasteiger partial charge in [-0.3, -0.25) is 14.5 Å². The van der Waals surface area contributed by atoms with Crippen LogP contribution in [0.1, 0.15) is 32.4 Å². The van der Waals surface area contributed by atoms with Crippen LogP contribution in [-0.4, -0.2) is 17.6 Å². The number of carbonyl (C=O) groups excluding carboxylic acids is 2. The summed E-state index contributed by atoms with van der Waals surface area (Å²) in [5, 5.41) is 2.84. The first-order valence-electron chi connectivity index (χ1n) is 9.60. The van der Waals surface area contributed by atoms with Crippen molar-refractivity contribution in [2.75, 3.05) is 16.0 Å². The summed E-state index contributed by atoms with van der Waals surface area (Å²) in [5.74, 6) is 0.371. The zero-order valence-electron chi connectivity index (χ0n) is 16.7. The van der Waals surface area contributed by atoms with Crippen LogP contribution in [-0.2, 0) is 4.79 Å². The van der Waals surface area contributed by atoms with Crippen molar-refractivity contribution in [3.05, 3.63) is 93.5 Å². The first-order chi connectivity index (χ1) is 14.4. The van der Waals surface area contributed by atoms with Crippen LogP contribution < -0.4 is 10.2 Å². The Bertz CT molecular complexity index is 1110. The number of nitrogens with zero attached hydrogens (tertiary/aromatic N) is 1. The fourth-order valence-corrected chi connectivity index (χ4v) is 5.00. The third kappa shape index (κ3) is 4.30. The van der Waals surface area contributed by atoms with Crippen molar-refractivity contribution in [2.24, 2.45) is 0 Å². The number of carbonyl (C=O) groups is 2. The number of aryl methyl sites for hydroxylation is 2. The topological polar surface area (TPSA) is 49.4 Å². The third-order valence-electron chi connectivity index (χ3n) is 5.02. The lowest BCUT2D eigenvalue weighted by atomic mass is 10.1. The van der Waals surface area contributed by atoms with Crippen LogP contribution in [0, 0.1) is 13.8 Å². The Morgan fingerprint density at radius 3 is 2.57 bits per heavy atom. The highest BCUT2D eigenvalue weighted by molar-refractivity contribution is 9.10. The summed E-state index contributed by atoms with van der Waals surface area (Å²) in [7, 11) is 0. The number of nitrogens with one attached hydrogen (secondary N) is 1. The van der Waals surface area contributed by atoms with Gasteiger partial charge in [0.15, 0.2) is 0 Å². The Morgan fingerprint density at radius 2 is 1.83 bits per heavy atom. The first kappa shape index (κ1) is 20.7. The fraction of sp³-hybridized carbons (Fsp3) is 0.167. The Labute approximate surface area is 188 Å². The van der Waals surface area contributed by atoms with Crippen molar-refractivity contribution >= 4 is 50.9 Å². The highest BCUT2D eigenvalue weighted by atomic mass is 79.9. The molecule has 6 heteroatoms. The number of hydrogen-bond acceptors (Lipinski definition) is 3. The molecule has 4 nitrogen and oxygen atoms in total. The number of halogens is 1. The number of amides is 2. The van der Waals surface area contributed by atoms with Crippen molar-refractivity contribution in [3.8, 4) is 0 Å². The van der Waals surface area contributed by atoms with Gasteiger partial charge in [0.05, 0.1) is 5.75 Å². The van der Waals surface area contributed by atoms with Gasteiger partial charge in [0, 0.05) is 21.4 Å². The van der Waals surface area contributed by atoms with E-state index in [0.29, 0.717) is 17.0 Å². The first-order valence-corrected chi connectivity index (χ1v) is 11.4. The molecule has 4 rings (SSSR count). The van der Waals surface area contributed by atoms with Crippen LogP contribution in [0.25, 0.3) is 0 Å². The molecule has 3 aromatic rings. The third-order valence-corrected chi connectivity index (χ3v) is 6.76. The second-order valence-electron chi connectivity index (χ2n) is 7.30. The van der Waals surface area contributed by atoms with E-state index in [1.165, 1.54) is 5.56 Å². The van der Waals surface area contributed by atoms with Crippen molar-refractivity contribution in [3.63, 3.8) is 0 Å². The maximum absolute atomic E-state index is 12.7. The number of benzene rings is 3. The summed E-state index contributed by atoms with van der Waals surface area (Å²) in [4.78, 5) is 27.1. The Balaban J connectivity index is 1.60. The number of thioether (sulfide) groups is 1. The molecule has 1 aliphatic rings. The molecule has 0 saturated carbocycles. The lowest BCUT2D eigenvalue weighted by molar-refractivity contribution is -0.115. The van der Waals surface area contributed by atoms with E-state index in [0.717, 1.165) is 21.3 Å². The summed E-state index contributed by atoms with van der Waals surface area (Å²) in [6, 6.07) is 21.1. The molecular weight excluding hydrogens is 460 g/mol. The van der Waals surface area contributed by atoms with E-state index in [4.69, 9.17) is 0 Å². The minimum atomic E-state index is -0.166. The summed E-state index contributed by atoms with van der Waals surface area (Å²) < 4.78 is 0.926. The molecule has 1 unspecified atom stereocenters. The molecule has 30 heavy (non-hydrogen) atoms. The van der Waals surface area contributed by atoms with Gasteiger partial charge in [-0.05, 0) is 67.4 Å². The number of anilines is 2. The molecule has 1 aliphatic heterocycles. The van der Waals surface area contributed by atoms with E-state index in [-0.39, 0.29) is 17.2 Å². The minimum Gasteiger partial charge on any atom is -0.322 e. The zero-order chi connectivity index (χ0) is 21.3. The molecule has 1 saturated heterocycles. The van der Waals surface area contributed by atoms with Gasteiger partial charge in [-0.1, -0.05) is 45.8 Å². The van der Waals surface area contributed by atoms with Crippen LogP contribution in [0.4, 0.5) is 11.4 Å². The standard InChI is InChI=1S/C24H21BrN2O2S/c1-15-6-11-21(16(2)12-15)27-22(28)14-30-24(27)18-4-3-5-20(13-18)26-23(29)17-7-9-19(25)10-8-17/h3-13,24H,14H2,1-2H3,(H,26,29). The molecule has 152 valence electrons. The lowest BCUT2D eigenvalue weighted by Gasteiger charge is -2.26. The van der Waals surface area contributed by atoms with E-state index in [9.17, 15) is 9.59 Å². The van der Waals surface area contributed by atoms with Crippen LogP contribution >= 0.6 is 27.7 Å². The molecule has 1 atom stereocenters. The Morgan fingerprint density at radius 1 is 1.07 bits per heavy atom. The zero-order valence-corrected chi connectivity index (χ0v) is 19.1.